The topological polar surface area (TPSA) is 18.5 Å². The predicted molar refractivity (Wildman–Crippen MR) is 52.5 cm³/mol. The van der Waals surface area contributed by atoms with Crippen LogP contribution in [0.5, 0.6) is 0 Å². The molecule has 1 fully saturated rings. The van der Waals surface area contributed by atoms with Gasteiger partial charge in [-0.05, 0) is 32.3 Å². The molecule has 1 aliphatic heterocycles. The van der Waals surface area contributed by atoms with Crippen molar-refractivity contribution in [2.75, 3.05) is 12.0 Å². The molecule has 1 heterocycles. The van der Waals surface area contributed by atoms with Crippen LogP contribution in [0, 0.1) is 0 Å². The third-order valence-corrected chi connectivity index (χ3v) is 2.63. The van der Waals surface area contributed by atoms with Gasteiger partial charge >= 0.3 is 0 Å². The van der Waals surface area contributed by atoms with Gasteiger partial charge in [0.25, 0.3) is 0 Å². The zero-order valence-electron chi connectivity index (χ0n) is 8.08. The quantitative estimate of drug-likeness (QED) is 0.680. The Kier molecular flexibility index (Phi) is 4.40. The fourth-order valence-corrected chi connectivity index (χ4v) is 1.91. The van der Waals surface area contributed by atoms with E-state index in [-0.39, 0.29) is 6.29 Å². The Morgan fingerprint density at radius 2 is 1.83 bits per heavy atom. The van der Waals surface area contributed by atoms with E-state index in [1.165, 1.54) is 0 Å². The number of thioether (sulfide) groups is 1. The fraction of sp³-hybridized carbons (Fsp3) is 1.00. The lowest BCUT2D eigenvalue weighted by Crippen LogP contribution is -2.35. The first kappa shape index (κ1) is 10.4. The van der Waals surface area contributed by atoms with Crippen molar-refractivity contribution in [3.63, 3.8) is 0 Å². The molecule has 0 aromatic rings. The molecule has 1 rings (SSSR count). The van der Waals surface area contributed by atoms with E-state index < -0.39 is 0 Å². The highest BCUT2D eigenvalue weighted by Gasteiger charge is 2.23. The van der Waals surface area contributed by atoms with E-state index in [4.69, 9.17) is 9.47 Å². The first-order chi connectivity index (χ1) is 5.72. The molecule has 0 saturated carbocycles. The van der Waals surface area contributed by atoms with Crippen LogP contribution in [0.3, 0.4) is 0 Å². The van der Waals surface area contributed by atoms with Crippen LogP contribution in [0.15, 0.2) is 0 Å². The van der Waals surface area contributed by atoms with Crippen molar-refractivity contribution in [2.24, 2.45) is 0 Å². The first-order valence-electron chi connectivity index (χ1n) is 4.52. The molecule has 0 aliphatic carbocycles. The van der Waals surface area contributed by atoms with Crippen LogP contribution in [0.4, 0.5) is 0 Å². The summed E-state index contributed by atoms with van der Waals surface area (Å²) in [5.41, 5.74) is 0. The maximum absolute atomic E-state index is 5.62. The van der Waals surface area contributed by atoms with E-state index in [9.17, 15) is 0 Å². The van der Waals surface area contributed by atoms with Crippen LogP contribution in [0.2, 0.25) is 0 Å². The maximum Gasteiger partial charge on any atom is 0.159 e. The van der Waals surface area contributed by atoms with Crippen molar-refractivity contribution in [2.45, 2.75) is 45.2 Å². The molecule has 0 N–H and O–H groups in total. The van der Waals surface area contributed by atoms with Crippen molar-refractivity contribution in [3.8, 4) is 0 Å². The molecule has 3 heteroatoms. The molecule has 0 aromatic carbocycles. The minimum Gasteiger partial charge on any atom is -0.350 e. The smallest absolute Gasteiger partial charge is 0.159 e. The maximum atomic E-state index is 5.62. The van der Waals surface area contributed by atoms with E-state index >= 15 is 0 Å². The van der Waals surface area contributed by atoms with Gasteiger partial charge in [-0.3, -0.25) is 0 Å². The Bertz CT molecular complexity index is 120. The Morgan fingerprint density at radius 3 is 2.33 bits per heavy atom. The highest BCUT2D eigenvalue weighted by atomic mass is 32.2. The molecule has 0 aromatic heterocycles. The van der Waals surface area contributed by atoms with Gasteiger partial charge in [-0.2, -0.15) is 11.8 Å². The second kappa shape index (κ2) is 5.10. The summed E-state index contributed by atoms with van der Waals surface area (Å²) in [4.78, 5) is 0. The summed E-state index contributed by atoms with van der Waals surface area (Å²) in [6.07, 6.45) is 4.90. The van der Waals surface area contributed by atoms with Gasteiger partial charge in [-0.15, -0.1) is 0 Å². The average Bonchev–Trinajstić information content (AvgIpc) is 1.99. The van der Waals surface area contributed by atoms with Gasteiger partial charge in [0.15, 0.2) is 6.29 Å². The molecule has 12 heavy (non-hydrogen) atoms. The van der Waals surface area contributed by atoms with Crippen LogP contribution < -0.4 is 0 Å². The molecule has 2 nitrogen and oxygen atoms in total. The van der Waals surface area contributed by atoms with Gasteiger partial charge in [0, 0.05) is 6.42 Å². The lowest BCUT2D eigenvalue weighted by molar-refractivity contribution is -0.234. The highest BCUT2D eigenvalue weighted by molar-refractivity contribution is 7.98. The molecule has 0 spiro atoms. The Balaban J connectivity index is 2.24. The molecular formula is C9H18O2S. The lowest BCUT2D eigenvalue weighted by atomic mass is 10.2. The van der Waals surface area contributed by atoms with Gasteiger partial charge in [0.05, 0.1) is 12.2 Å². The minimum absolute atomic E-state index is 0.0381. The molecule has 2 atom stereocenters. The second-order valence-corrected chi connectivity index (χ2v) is 4.33. The SMILES string of the molecule is CSCCC1OC(C)CC(C)O1. The van der Waals surface area contributed by atoms with Crippen LogP contribution in [-0.4, -0.2) is 30.5 Å². The summed E-state index contributed by atoms with van der Waals surface area (Å²) in [5.74, 6) is 1.12. The number of ether oxygens (including phenoxy) is 2. The number of hydrogen-bond acceptors (Lipinski definition) is 3. The molecule has 0 amide bonds. The van der Waals surface area contributed by atoms with Crippen molar-refractivity contribution in [3.05, 3.63) is 0 Å². The second-order valence-electron chi connectivity index (χ2n) is 3.34. The van der Waals surface area contributed by atoms with E-state index in [1.807, 2.05) is 11.8 Å². The van der Waals surface area contributed by atoms with Gasteiger partial charge in [-0.25, -0.2) is 0 Å². The lowest BCUT2D eigenvalue weighted by Gasteiger charge is -2.32. The normalized spacial score (nSPS) is 36.8. The molecule has 72 valence electrons. The molecule has 1 saturated heterocycles. The summed E-state index contributed by atoms with van der Waals surface area (Å²) in [6.45, 7) is 4.23. The summed E-state index contributed by atoms with van der Waals surface area (Å²) in [5, 5.41) is 0. The number of hydrogen-bond donors (Lipinski definition) is 0. The van der Waals surface area contributed by atoms with Crippen molar-refractivity contribution in [1.29, 1.82) is 0 Å². The number of rotatable bonds is 3. The zero-order valence-corrected chi connectivity index (χ0v) is 8.89. The zero-order chi connectivity index (χ0) is 8.97. The van der Waals surface area contributed by atoms with E-state index in [0.29, 0.717) is 12.2 Å². The van der Waals surface area contributed by atoms with Gasteiger partial charge in [0.1, 0.15) is 0 Å². The van der Waals surface area contributed by atoms with Crippen molar-refractivity contribution < 1.29 is 9.47 Å². The van der Waals surface area contributed by atoms with Crippen LogP contribution in [0.25, 0.3) is 0 Å². The van der Waals surface area contributed by atoms with Crippen molar-refractivity contribution in [1.82, 2.24) is 0 Å². The summed E-state index contributed by atoms with van der Waals surface area (Å²) < 4.78 is 11.2. The fourth-order valence-electron chi connectivity index (χ4n) is 1.48. The Hall–Kier alpha value is 0.270. The van der Waals surface area contributed by atoms with Gasteiger partial charge in [0.2, 0.25) is 0 Å². The standard InChI is InChI=1S/C9H18O2S/c1-7-6-8(2)11-9(10-7)4-5-12-3/h7-9H,4-6H2,1-3H3. The Morgan fingerprint density at radius 1 is 1.25 bits per heavy atom. The molecule has 0 bridgehead atoms. The summed E-state index contributed by atoms with van der Waals surface area (Å²) in [6, 6.07) is 0. The Labute approximate surface area is 79.0 Å². The third-order valence-electron chi connectivity index (χ3n) is 1.99. The highest BCUT2D eigenvalue weighted by Crippen LogP contribution is 2.20. The predicted octanol–water partition coefficient (Wildman–Crippen LogP) is 2.28. The van der Waals surface area contributed by atoms with Gasteiger partial charge < -0.3 is 9.47 Å². The molecule has 1 aliphatic rings. The summed E-state index contributed by atoms with van der Waals surface area (Å²) >= 11 is 1.84. The first-order valence-corrected chi connectivity index (χ1v) is 5.91. The third kappa shape index (κ3) is 3.33. The molecule has 0 radical (unpaired) electrons. The summed E-state index contributed by atoms with van der Waals surface area (Å²) in [7, 11) is 0. The van der Waals surface area contributed by atoms with Gasteiger partial charge in [-0.1, -0.05) is 0 Å². The van der Waals surface area contributed by atoms with Crippen LogP contribution in [-0.2, 0) is 9.47 Å². The van der Waals surface area contributed by atoms with Crippen molar-refractivity contribution >= 4 is 11.8 Å². The average molecular weight is 190 g/mol. The molecule has 2 unspecified atom stereocenters. The monoisotopic (exact) mass is 190 g/mol. The minimum atomic E-state index is 0.0381. The largest absolute Gasteiger partial charge is 0.350 e. The molecular weight excluding hydrogens is 172 g/mol. The van der Waals surface area contributed by atoms with E-state index in [2.05, 4.69) is 20.1 Å². The van der Waals surface area contributed by atoms with Crippen LogP contribution >= 0.6 is 11.8 Å². The van der Waals surface area contributed by atoms with E-state index in [1.54, 1.807) is 0 Å². The van der Waals surface area contributed by atoms with E-state index in [0.717, 1.165) is 18.6 Å². The van der Waals surface area contributed by atoms with Crippen LogP contribution in [0.1, 0.15) is 26.7 Å².